The highest BCUT2D eigenvalue weighted by Gasteiger charge is 2.39. The number of sulfone groups is 1. The minimum Gasteiger partial charge on any atom is -0.294 e. The summed E-state index contributed by atoms with van der Waals surface area (Å²) in [6, 6.07) is 3.08. The van der Waals surface area contributed by atoms with Gasteiger partial charge in [-0.3, -0.25) is 4.79 Å². The molecule has 0 saturated heterocycles. The lowest BCUT2D eigenvalue weighted by Gasteiger charge is -2.05. The fraction of sp³-hybridized carbons (Fsp3) is 0.400. The number of rotatable bonds is 3. The fourth-order valence-corrected chi connectivity index (χ4v) is 3.22. The number of Topliss-reactive ketones (excluding diaryl/α,β-unsaturated/α-hetero) is 1. The normalized spacial score (nSPS) is 16.3. The molecule has 0 spiro atoms. The van der Waals surface area contributed by atoms with Crippen molar-refractivity contribution in [3.8, 4) is 0 Å². The third-order valence-corrected chi connectivity index (χ3v) is 4.60. The van der Waals surface area contributed by atoms with Crippen LogP contribution in [0.2, 0.25) is 0 Å². The number of aromatic nitrogens is 1. The van der Waals surface area contributed by atoms with Crippen molar-refractivity contribution in [1.82, 2.24) is 4.98 Å². The monoisotopic (exact) mass is 225 g/mol. The van der Waals surface area contributed by atoms with Crippen LogP contribution in [0.3, 0.4) is 0 Å². The number of carbonyl (C=O) groups is 1. The van der Waals surface area contributed by atoms with Crippen LogP contribution in [0.5, 0.6) is 0 Å². The van der Waals surface area contributed by atoms with E-state index in [1.54, 1.807) is 6.07 Å². The molecule has 1 heterocycles. The van der Waals surface area contributed by atoms with Gasteiger partial charge in [0.2, 0.25) is 0 Å². The molecule has 15 heavy (non-hydrogen) atoms. The lowest BCUT2D eigenvalue weighted by molar-refractivity contribution is 0.101. The number of nitrogens with zero attached hydrogens (tertiary/aromatic N) is 1. The zero-order valence-corrected chi connectivity index (χ0v) is 9.12. The molecule has 1 aliphatic carbocycles. The fourth-order valence-electron chi connectivity index (χ4n) is 1.42. The van der Waals surface area contributed by atoms with Gasteiger partial charge < -0.3 is 0 Å². The van der Waals surface area contributed by atoms with Crippen LogP contribution >= 0.6 is 0 Å². The van der Waals surface area contributed by atoms with Crippen molar-refractivity contribution in [3.05, 3.63) is 23.9 Å². The lowest BCUT2D eigenvalue weighted by Crippen LogP contribution is -2.13. The number of carbonyl (C=O) groups excluding carboxylic acids is 1. The number of hydrogen-bond donors (Lipinski definition) is 0. The standard InChI is InChI=1S/C10H11NO3S/c1-7(12)9-3-2-6-11-10(9)15(13,14)8-4-5-8/h2-3,6,8H,4-5H2,1H3. The Labute approximate surface area is 88.3 Å². The second kappa shape index (κ2) is 3.41. The summed E-state index contributed by atoms with van der Waals surface area (Å²) < 4.78 is 23.8. The summed E-state index contributed by atoms with van der Waals surface area (Å²) >= 11 is 0. The summed E-state index contributed by atoms with van der Waals surface area (Å²) in [6.07, 6.45) is 2.76. The van der Waals surface area contributed by atoms with E-state index in [1.165, 1.54) is 19.2 Å². The highest BCUT2D eigenvalue weighted by molar-refractivity contribution is 7.92. The molecule has 2 rings (SSSR count). The Kier molecular flexibility index (Phi) is 2.34. The van der Waals surface area contributed by atoms with E-state index < -0.39 is 9.84 Å². The van der Waals surface area contributed by atoms with Gasteiger partial charge in [-0.15, -0.1) is 0 Å². The van der Waals surface area contributed by atoms with Crippen LogP contribution in [0.15, 0.2) is 23.4 Å². The summed E-state index contributed by atoms with van der Waals surface area (Å²) in [5.41, 5.74) is 0.199. The van der Waals surface area contributed by atoms with E-state index in [-0.39, 0.29) is 21.6 Å². The van der Waals surface area contributed by atoms with Gasteiger partial charge in [0.15, 0.2) is 20.6 Å². The van der Waals surface area contributed by atoms with Crippen molar-refractivity contribution in [1.29, 1.82) is 0 Å². The molecule has 0 unspecified atom stereocenters. The second-order valence-corrected chi connectivity index (χ2v) is 5.80. The van der Waals surface area contributed by atoms with Crippen LogP contribution in [-0.2, 0) is 9.84 Å². The zero-order valence-electron chi connectivity index (χ0n) is 8.30. The maximum absolute atomic E-state index is 11.9. The molecule has 1 aliphatic rings. The van der Waals surface area contributed by atoms with Gasteiger partial charge in [-0.1, -0.05) is 0 Å². The topological polar surface area (TPSA) is 64.1 Å². The van der Waals surface area contributed by atoms with Crippen LogP contribution in [0.1, 0.15) is 30.1 Å². The van der Waals surface area contributed by atoms with Crippen molar-refractivity contribution >= 4 is 15.6 Å². The third-order valence-electron chi connectivity index (χ3n) is 2.38. The van der Waals surface area contributed by atoms with E-state index in [0.29, 0.717) is 12.8 Å². The molecule has 80 valence electrons. The highest BCUT2D eigenvalue weighted by atomic mass is 32.2. The molecule has 0 radical (unpaired) electrons. The van der Waals surface area contributed by atoms with E-state index in [2.05, 4.69) is 4.98 Å². The summed E-state index contributed by atoms with van der Waals surface area (Å²) in [6.45, 7) is 1.35. The average Bonchev–Trinajstić information content (AvgIpc) is 3.01. The second-order valence-electron chi connectivity index (χ2n) is 3.66. The minimum atomic E-state index is -3.37. The van der Waals surface area contributed by atoms with E-state index in [0.717, 1.165) is 0 Å². The molecule has 0 aromatic carbocycles. The first-order valence-corrected chi connectivity index (χ1v) is 6.28. The molecule has 1 fully saturated rings. The Morgan fingerprint density at radius 3 is 2.67 bits per heavy atom. The quantitative estimate of drug-likeness (QED) is 0.725. The average molecular weight is 225 g/mol. The first-order valence-electron chi connectivity index (χ1n) is 4.73. The third kappa shape index (κ3) is 1.79. The summed E-state index contributed by atoms with van der Waals surface area (Å²) in [5.74, 6) is -0.262. The van der Waals surface area contributed by atoms with Crippen molar-refractivity contribution in [3.63, 3.8) is 0 Å². The van der Waals surface area contributed by atoms with Crippen molar-refractivity contribution in [2.75, 3.05) is 0 Å². The van der Waals surface area contributed by atoms with Gasteiger partial charge in [-0.25, -0.2) is 13.4 Å². The Balaban J connectivity index is 2.57. The van der Waals surface area contributed by atoms with Gasteiger partial charge in [0.25, 0.3) is 0 Å². The Bertz CT molecular complexity index is 503. The van der Waals surface area contributed by atoms with E-state index in [4.69, 9.17) is 0 Å². The van der Waals surface area contributed by atoms with Crippen molar-refractivity contribution in [2.45, 2.75) is 30.0 Å². The molecule has 0 bridgehead atoms. The predicted octanol–water partition coefficient (Wildman–Crippen LogP) is 1.22. The molecule has 0 aliphatic heterocycles. The highest BCUT2D eigenvalue weighted by Crippen LogP contribution is 2.33. The minimum absolute atomic E-state index is 0.0556. The Morgan fingerprint density at radius 1 is 1.47 bits per heavy atom. The molecule has 4 nitrogen and oxygen atoms in total. The van der Waals surface area contributed by atoms with Gasteiger partial charge in [0, 0.05) is 6.20 Å². The van der Waals surface area contributed by atoms with Gasteiger partial charge in [0.05, 0.1) is 10.8 Å². The number of pyridine rings is 1. The molecule has 1 saturated carbocycles. The molecule has 0 amide bonds. The van der Waals surface area contributed by atoms with Crippen LogP contribution in [0.4, 0.5) is 0 Å². The molecular formula is C10H11NO3S. The van der Waals surface area contributed by atoms with Gasteiger partial charge in [0.1, 0.15) is 0 Å². The van der Waals surface area contributed by atoms with Crippen molar-refractivity contribution < 1.29 is 13.2 Å². The first-order chi connectivity index (χ1) is 7.03. The van der Waals surface area contributed by atoms with E-state index in [1.807, 2.05) is 0 Å². The summed E-state index contributed by atoms with van der Waals surface area (Å²) in [4.78, 5) is 15.1. The molecule has 0 N–H and O–H groups in total. The molecule has 1 aromatic rings. The summed E-state index contributed by atoms with van der Waals surface area (Å²) in [7, 11) is -3.37. The van der Waals surface area contributed by atoms with Gasteiger partial charge >= 0.3 is 0 Å². The molecular weight excluding hydrogens is 214 g/mol. The van der Waals surface area contributed by atoms with E-state index in [9.17, 15) is 13.2 Å². The number of ketones is 1. The number of hydrogen-bond acceptors (Lipinski definition) is 4. The molecule has 5 heteroatoms. The maximum Gasteiger partial charge on any atom is 0.199 e. The van der Waals surface area contributed by atoms with Gasteiger partial charge in [-0.2, -0.15) is 0 Å². The molecule has 0 atom stereocenters. The zero-order chi connectivity index (χ0) is 11.1. The Hall–Kier alpha value is -1.23. The largest absolute Gasteiger partial charge is 0.294 e. The van der Waals surface area contributed by atoms with Crippen LogP contribution < -0.4 is 0 Å². The van der Waals surface area contributed by atoms with E-state index >= 15 is 0 Å². The molecule has 1 aromatic heterocycles. The summed E-state index contributed by atoms with van der Waals surface area (Å²) in [5, 5.41) is -0.384. The smallest absolute Gasteiger partial charge is 0.199 e. The lowest BCUT2D eigenvalue weighted by atomic mass is 10.2. The van der Waals surface area contributed by atoms with Crippen LogP contribution in [0, 0.1) is 0 Å². The predicted molar refractivity (Wildman–Crippen MR) is 54.4 cm³/mol. The maximum atomic E-state index is 11.9. The van der Waals surface area contributed by atoms with Crippen molar-refractivity contribution in [2.24, 2.45) is 0 Å². The SMILES string of the molecule is CC(=O)c1cccnc1S(=O)(=O)C1CC1. The van der Waals surface area contributed by atoms with Crippen LogP contribution in [0.25, 0.3) is 0 Å². The van der Waals surface area contributed by atoms with Crippen LogP contribution in [-0.4, -0.2) is 24.4 Å². The Morgan fingerprint density at radius 2 is 2.13 bits per heavy atom. The first kappa shape index (κ1) is 10.3. The van der Waals surface area contributed by atoms with Gasteiger partial charge in [-0.05, 0) is 31.9 Å².